The summed E-state index contributed by atoms with van der Waals surface area (Å²) in [5, 5.41) is 10.6. The monoisotopic (exact) mass is 286 g/mol. The fraction of sp³-hybridized carbons (Fsp3) is 0.545. The molecule has 1 aromatic rings. The maximum Gasteiger partial charge on any atom is 0.321 e. The van der Waals surface area contributed by atoms with Crippen molar-refractivity contribution in [1.82, 2.24) is 14.8 Å². The summed E-state index contributed by atoms with van der Waals surface area (Å²) in [6, 6.07) is 2.75. The van der Waals surface area contributed by atoms with Crippen molar-refractivity contribution in [3.63, 3.8) is 0 Å². The van der Waals surface area contributed by atoms with Gasteiger partial charge >= 0.3 is 5.82 Å². The Balaban J connectivity index is 1.95. The number of rotatable bonds is 4. The van der Waals surface area contributed by atoms with Crippen LogP contribution in [0.5, 0.6) is 0 Å². The topological polar surface area (TPSA) is 82.5 Å². The average Bonchev–Trinajstić information content (AvgIpc) is 2.89. The first kappa shape index (κ1) is 13.8. The van der Waals surface area contributed by atoms with Crippen LogP contribution < -0.4 is 0 Å². The summed E-state index contributed by atoms with van der Waals surface area (Å²) < 4.78 is 0. The summed E-state index contributed by atoms with van der Waals surface area (Å²) in [5.41, 5.74) is 0.262. The number of hydrogen-bond donors (Lipinski definition) is 1. The summed E-state index contributed by atoms with van der Waals surface area (Å²) in [5.74, 6) is 0.222. The first-order valence-corrected chi connectivity index (χ1v) is 6.56. The minimum absolute atomic E-state index is 0.163. The standard InChI is InChI=1S/C11H15ClN4O3/c12-3-4-14-5-7-15(8-6-14)11(17)9-1-2-10(13-9)16(18)19/h1-2,13H,3-8H2. The number of hydrogen-bond acceptors (Lipinski definition) is 4. The van der Waals surface area contributed by atoms with E-state index >= 15 is 0 Å². The Morgan fingerprint density at radius 1 is 1.37 bits per heavy atom. The molecule has 1 N–H and O–H groups in total. The molecule has 1 saturated heterocycles. The zero-order valence-electron chi connectivity index (χ0n) is 10.3. The Morgan fingerprint density at radius 2 is 2.05 bits per heavy atom. The van der Waals surface area contributed by atoms with Crippen LogP contribution in [0, 0.1) is 10.1 Å². The van der Waals surface area contributed by atoms with Crippen molar-refractivity contribution >= 4 is 23.3 Å². The molecule has 2 rings (SSSR count). The normalized spacial score (nSPS) is 16.6. The molecule has 0 aromatic carbocycles. The smallest absolute Gasteiger partial charge is 0.321 e. The van der Waals surface area contributed by atoms with E-state index < -0.39 is 4.92 Å². The van der Waals surface area contributed by atoms with E-state index in [1.54, 1.807) is 4.90 Å². The van der Waals surface area contributed by atoms with Crippen molar-refractivity contribution in [2.75, 3.05) is 38.6 Å². The summed E-state index contributed by atoms with van der Waals surface area (Å²) in [7, 11) is 0. The molecule has 0 bridgehead atoms. The first-order chi connectivity index (χ1) is 9.11. The van der Waals surface area contributed by atoms with E-state index in [1.807, 2.05) is 0 Å². The summed E-state index contributed by atoms with van der Waals surface area (Å²) in [6.45, 7) is 3.60. The fourth-order valence-corrected chi connectivity index (χ4v) is 2.32. The summed E-state index contributed by atoms with van der Waals surface area (Å²) in [4.78, 5) is 28.5. The lowest BCUT2D eigenvalue weighted by atomic mass is 10.3. The van der Waals surface area contributed by atoms with E-state index in [0.717, 1.165) is 19.6 Å². The highest BCUT2D eigenvalue weighted by Crippen LogP contribution is 2.13. The first-order valence-electron chi connectivity index (χ1n) is 6.03. The van der Waals surface area contributed by atoms with Crippen LogP contribution in [-0.4, -0.2) is 64.2 Å². The highest BCUT2D eigenvalue weighted by atomic mass is 35.5. The number of nitrogens with one attached hydrogen (secondary N) is 1. The molecular weight excluding hydrogens is 272 g/mol. The number of aromatic nitrogens is 1. The van der Waals surface area contributed by atoms with Gasteiger partial charge in [-0.05, 0) is 11.0 Å². The second-order valence-electron chi connectivity index (χ2n) is 4.34. The molecule has 2 heterocycles. The molecule has 0 atom stereocenters. The van der Waals surface area contributed by atoms with E-state index in [4.69, 9.17) is 11.6 Å². The van der Waals surface area contributed by atoms with Gasteiger partial charge in [-0.3, -0.25) is 9.69 Å². The van der Waals surface area contributed by atoms with E-state index in [1.165, 1.54) is 12.1 Å². The molecule has 0 spiro atoms. The molecular formula is C11H15ClN4O3. The second kappa shape index (κ2) is 6.03. The lowest BCUT2D eigenvalue weighted by molar-refractivity contribution is -0.389. The van der Waals surface area contributed by atoms with Crippen LogP contribution in [0.4, 0.5) is 5.82 Å². The van der Waals surface area contributed by atoms with E-state index in [9.17, 15) is 14.9 Å². The minimum atomic E-state index is -0.546. The average molecular weight is 287 g/mol. The van der Waals surface area contributed by atoms with Crippen LogP contribution in [-0.2, 0) is 0 Å². The van der Waals surface area contributed by atoms with Crippen molar-refractivity contribution in [1.29, 1.82) is 0 Å². The molecule has 1 fully saturated rings. The maximum atomic E-state index is 12.1. The molecule has 1 aromatic heterocycles. The Kier molecular flexibility index (Phi) is 4.39. The van der Waals surface area contributed by atoms with Crippen molar-refractivity contribution in [2.45, 2.75) is 0 Å². The molecule has 0 aliphatic carbocycles. The third kappa shape index (κ3) is 3.24. The highest BCUT2D eigenvalue weighted by Gasteiger charge is 2.25. The van der Waals surface area contributed by atoms with Gasteiger partial charge in [0.1, 0.15) is 0 Å². The summed E-state index contributed by atoms with van der Waals surface area (Å²) >= 11 is 5.67. The minimum Gasteiger partial charge on any atom is -0.358 e. The van der Waals surface area contributed by atoms with E-state index in [2.05, 4.69) is 9.88 Å². The van der Waals surface area contributed by atoms with Gasteiger partial charge in [0.25, 0.3) is 5.91 Å². The highest BCUT2D eigenvalue weighted by molar-refractivity contribution is 6.18. The van der Waals surface area contributed by atoms with Crippen LogP contribution in [0.25, 0.3) is 0 Å². The predicted octanol–water partition coefficient (Wildman–Crippen LogP) is 0.919. The van der Waals surface area contributed by atoms with Crippen LogP contribution in [0.2, 0.25) is 0 Å². The Hall–Kier alpha value is -1.60. The van der Waals surface area contributed by atoms with Crippen molar-refractivity contribution < 1.29 is 9.72 Å². The quantitative estimate of drug-likeness (QED) is 0.507. The zero-order chi connectivity index (χ0) is 13.8. The summed E-state index contributed by atoms with van der Waals surface area (Å²) in [6.07, 6.45) is 0. The number of halogens is 1. The number of nitrogens with zero attached hydrogens (tertiary/aromatic N) is 3. The van der Waals surface area contributed by atoms with Gasteiger partial charge < -0.3 is 15.0 Å². The van der Waals surface area contributed by atoms with Gasteiger partial charge in [0, 0.05) is 44.7 Å². The predicted molar refractivity (Wildman–Crippen MR) is 70.5 cm³/mol. The molecule has 8 heteroatoms. The molecule has 1 aliphatic rings. The molecule has 0 saturated carbocycles. The SMILES string of the molecule is O=C(c1ccc([N+](=O)[O-])[nH]1)N1CCN(CCCl)CC1. The number of piperazine rings is 1. The van der Waals surface area contributed by atoms with Gasteiger partial charge in [0.05, 0.1) is 0 Å². The zero-order valence-corrected chi connectivity index (χ0v) is 11.1. The van der Waals surface area contributed by atoms with Crippen molar-refractivity contribution in [3.8, 4) is 0 Å². The number of H-pyrrole nitrogens is 1. The largest absolute Gasteiger partial charge is 0.358 e. The molecule has 7 nitrogen and oxygen atoms in total. The number of carbonyl (C=O) groups excluding carboxylic acids is 1. The Bertz CT molecular complexity index is 468. The van der Waals surface area contributed by atoms with Gasteiger partial charge in [0.2, 0.25) is 0 Å². The number of alkyl halides is 1. The lowest BCUT2D eigenvalue weighted by Crippen LogP contribution is -2.49. The van der Waals surface area contributed by atoms with Gasteiger partial charge in [-0.1, -0.05) is 0 Å². The number of amides is 1. The molecule has 0 radical (unpaired) electrons. The lowest BCUT2D eigenvalue weighted by Gasteiger charge is -2.33. The second-order valence-corrected chi connectivity index (χ2v) is 4.72. The van der Waals surface area contributed by atoms with Crippen LogP contribution in [0.1, 0.15) is 10.5 Å². The third-order valence-electron chi connectivity index (χ3n) is 3.16. The molecule has 1 amide bonds. The van der Waals surface area contributed by atoms with Gasteiger partial charge in [-0.15, -0.1) is 11.6 Å². The molecule has 1 aliphatic heterocycles. The number of nitro groups is 1. The van der Waals surface area contributed by atoms with Crippen molar-refractivity contribution in [2.24, 2.45) is 0 Å². The Morgan fingerprint density at radius 3 is 2.58 bits per heavy atom. The maximum absolute atomic E-state index is 12.1. The van der Waals surface area contributed by atoms with Gasteiger partial charge in [-0.25, -0.2) is 4.98 Å². The fourth-order valence-electron chi connectivity index (χ4n) is 2.08. The third-order valence-corrected chi connectivity index (χ3v) is 3.33. The van der Waals surface area contributed by atoms with Crippen LogP contribution in [0.3, 0.4) is 0 Å². The molecule has 0 unspecified atom stereocenters. The van der Waals surface area contributed by atoms with Crippen molar-refractivity contribution in [3.05, 3.63) is 27.9 Å². The van der Waals surface area contributed by atoms with E-state index in [-0.39, 0.29) is 17.4 Å². The number of carbonyl (C=O) groups is 1. The van der Waals surface area contributed by atoms with Crippen LogP contribution >= 0.6 is 11.6 Å². The number of aromatic amines is 1. The van der Waals surface area contributed by atoms with Crippen LogP contribution in [0.15, 0.2) is 12.1 Å². The molecule has 104 valence electrons. The molecule has 19 heavy (non-hydrogen) atoms. The van der Waals surface area contributed by atoms with Gasteiger partial charge in [0.15, 0.2) is 5.69 Å². The van der Waals surface area contributed by atoms with E-state index in [0.29, 0.717) is 19.0 Å². The van der Waals surface area contributed by atoms with Gasteiger partial charge in [-0.2, -0.15) is 0 Å². The Labute approximate surface area is 115 Å².